The monoisotopic (exact) mass is 358 g/mol. The Kier molecular flexibility index (Phi) is 4.18. The number of fused-ring (bicyclic) bond motifs is 1. The molecule has 0 spiro atoms. The number of likely N-dealkylation sites (tertiary alicyclic amines) is 1. The van der Waals surface area contributed by atoms with Crippen LogP contribution in [0, 0.1) is 0 Å². The van der Waals surface area contributed by atoms with Gasteiger partial charge in [-0.25, -0.2) is 9.50 Å². The smallest absolute Gasteiger partial charge is 0.162 e. The zero-order chi connectivity index (χ0) is 18.1. The van der Waals surface area contributed by atoms with Crippen molar-refractivity contribution < 1.29 is 0 Å². The average Bonchev–Trinajstić information content (AvgIpc) is 3.45. The molecule has 4 aromatic rings. The second-order valence-electron chi connectivity index (χ2n) is 7.15. The summed E-state index contributed by atoms with van der Waals surface area (Å²) >= 11 is 0. The highest BCUT2D eigenvalue weighted by atomic mass is 15.3. The molecule has 1 aliphatic heterocycles. The fourth-order valence-corrected chi connectivity index (χ4v) is 3.99. The predicted molar refractivity (Wildman–Crippen MR) is 104 cm³/mol. The maximum absolute atomic E-state index is 4.72. The molecule has 0 radical (unpaired) electrons. The largest absolute Gasteiger partial charge is 0.294 e. The molecule has 5 rings (SSSR count). The standard InChI is InChI=1S/C21H22N6/c1-2-6-18(7-3-1)20-13-24-27-15-17(12-22-21(20)27)14-25-10-4-8-19(25)16-26-11-5-9-23-26/h1-3,5-7,9,11-13,15,19H,4,8,10,14,16H2/t19-/m0/s1. The van der Waals surface area contributed by atoms with Crippen molar-refractivity contribution in [3.8, 4) is 11.1 Å². The van der Waals surface area contributed by atoms with Crippen molar-refractivity contribution in [3.63, 3.8) is 0 Å². The van der Waals surface area contributed by atoms with Crippen molar-refractivity contribution >= 4 is 5.65 Å². The molecule has 4 heterocycles. The van der Waals surface area contributed by atoms with Gasteiger partial charge in [0.15, 0.2) is 5.65 Å². The molecule has 0 bridgehead atoms. The molecule has 0 N–H and O–H groups in total. The molecule has 3 aromatic heterocycles. The van der Waals surface area contributed by atoms with Crippen molar-refractivity contribution in [1.82, 2.24) is 29.3 Å². The molecule has 1 aliphatic rings. The maximum atomic E-state index is 4.72. The summed E-state index contributed by atoms with van der Waals surface area (Å²) in [7, 11) is 0. The number of rotatable bonds is 5. The highest BCUT2D eigenvalue weighted by Gasteiger charge is 2.25. The number of nitrogens with zero attached hydrogens (tertiary/aromatic N) is 6. The van der Waals surface area contributed by atoms with Crippen LogP contribution in [-0.4, -0.2) is 41.9 Å². The lowest BCUT2D eigenvalue weighted by Gasteiger charge is -2.24. The van der Waals surface area contributed by atoms with Crippen LogP contribution in [-0.2, 0) is 13.1 Å². The van der Waals surface area contributed by atoms with Crippen molar-refractivity contribution in [1.29, 1.82) is 0 Å². The number of aromatic nitrogens is 5. The summed E-state index contributed by atoms with van der Waals surface area (Å²) in [5.41, 5.74) is 4.31. The van der Waals surface area contributed by atoms with E-state index >= 15 is 0 Å². The van der Waals surface area contributed by atoms with Crippen LogP contribution < -0.4 is 0 Å². The fraction of sp³-hybridized carbons (Fsp3) is 0.286. The van der Waals surface area contributed by atoms with Crippen molar-refractivity contribution in [2.45, 2.75) is 32.0 Å². The Balaban J connectivity index is 1.36. The Bertz CT molecular complexity index is 1020. The molecule has 1 aromatic carbocycles. The summed E-state index contributed by atoms with van der Waals surface area (Å²) in [5.74, 6) is 0. The van der Waals surface area contributed by atoms with E-state index in [1.807, 2.05) is 58.3 Å². The minimum absolute atomic E-state index is 0.526. The van der Waals surface area contributed by atoms with Crippen molar-refractivity contribution in [2.24, 2.45) is 0 Å². The van der Waals surface area contributed by atoms with E-state index in [0.717, 1.165) is 36.4 Å². The zero-order valence-corrected chi connectivity index (χ0v) is 15.1. The van der Waals surface area contributed by atoms with Gasteiger partial charge in [-0.1, -0.05) is 30.3 Å². The quantitative estimate of drug-likeness (QED) is 0.549. The zero-order valence-electron chi connectivity index (χ0n) is 15.1. The van der Waals surface area contributed by atoms with E-state index < -0.39 is 0 Å². The lowest BCUT2D eigenvalue weighted by Crippen LogP contribution is -2.32. The molecule has 0 saturated carbocycles. The van der Waals surface area contributed by atoms with Crippen LogP contribution in [0.1, 0.15) is 18.4 Å². The fourth-order valence-electron chi connectivity index (χ4n) is 3.99. The van der Waals surface area contributed by atoms with Gasteiger partial charge in [0.2, 0.25) is 0 Å². The molecule has 1 fully saturated rings. The summed E-state index contributed by atoms with van der Waals surface area (Å²) in [6.45, 7) is 2.97. The van der Waals surface area contributed by atoms with E-state index in [2.05, 4.69) is 33.4 Å². The van der Waals surface area contributed by atoms with Crippen LogP contribution in [0.25, 0.3) is 16.8 Å². The lowest BCUT2D eigenvalue weighted by molar-refractivity contribution is 0.218. The van der Waals surface area contributed by atoms with Gasteiger partial charge in [-0.15, -0.1) is 0 Å². The van der Waals surface area contributed by atoms with Crippen LogP contribution in [0.2, 0.25) is 0 Å². The molecular formula is C21H22N6. The first-order chi connectivity index (χ1) is 13.4. The van der Waals surface area contributed by atoms with Crippen molar-refractivity contribution in [2.75, 3.05) is 6.54 Å². The molecule has 6 heteroatoms. The van der Waals surface area contributed by atoms with Crippen LogP contribution in [0.5, 0.6) is 0 Å². The average molecular weight is 358 g/mol. The first-order valence-electron chi connectivity index (χ1n) is 9.46. The van der Waals surface area contributed by atoms with Crippen LogP contribution >= 0.6 is 0 Å². The second-order valence-corrected chi connectivity index (χ2v) is 7.15. The van der Waals surface area contributed by atoms with Gasteiger partial charge >= 0.3 is 0 Å². The third kappa shape index (κ3) is 3.24. The molecule has 0 unspecified atom stereocenters. The van der Waals surface area contributed by atoms with Gasteiger partial charge in [-0.2, -0.15) is 10.2 Å². The Morgan fingerprint density at radius 1 is 1.04 bits per heavy atom. The molecule has 1 atom stereocenters. The number of hydrogen-bond acceptors (Lipinski definition) is 4. The number of hydrogen-bond donors (Lipinski definition) is 0. The maximum Gasteiger partial charge on any atom is 0.162 e. The third-order valence-corrected chi connectivity index (χ3v) is 5.34. The summed E-state index contributed by atoms with van der Waals surface area (Å²) in [6.07, 6.45) is 12.3. The first kappa shape index (κ1) is 16.2. The van der Waals surface area contributed by atoms with Gasteiger partial charge < -0.3 is 0 Å². The molecule has 1 saturated heterocycles. The highest BCUT2D eigenvalue weighted by molar-refractivity contribution is 5.76. The van der Waals surface area contributed by atoms with Gasteiger partial charge in [0.25, 0.3) is 0 Å². The van der Waals surface area contributed by atoms with E-state index in [-0.39, 0.29) is 0 Å². The molecule has 27 heavy (non-hydrogen) atoms. The Hall–Kier alpha value is -2.99. The molecule has 0 aliphatic carbocycles. The molecular weight excluding hydrogens is 336 g/mol. The Morgan fingerprint density at radius 3 is 2.81 bits per heavy atom. The van der Waals surface area contributed by atoms with E-state index in [4.69, 9.17) is 4.98 Å². The van der Waals surface area contributed by atoms with Crippen LogP contribution in [0.4, 0.5) is 0 Å². The van der Waals surface area contributed by atoms with E-state index in [0.29, 0.717) is 6.04 Å². The topological polar surface area (TPSA) is 51.2 Å². The van der Waals surface area contributed by atoms with Crippen molar-refractivity contribution in [3.05, 3.63) is 72.9 Å². The molecule has 136 valence electrons. The highest BCUT2D eigenvalue weighted by Crippen LogP contribution is 2.24. The molecule has 0 amide bonds. The SMILES string of the molecule is c1ccc(-c2cnn3cc(CN4CCC[C@H]4Cn4cccn4)cnc23)cc1. The summed E-state index contributed by atoms with van der Waals surface area (Å²) in [6, 6.07) is 12.8. The van der Waals surface area contributed by atoms with E-state index in [1.54, 1.807) is 0 Å². The van der Waals surface area contributed by atoms with Gasteiger partial charge in [-0.3, -0.25) is 9.58 Å². The van der Waals surface area contributed by atoms with Gasteiger partial charge in [0, 0.05) is 48.5 Å². The summed E-state index contributed by atoms with van der Waals surface area (Å²) in [4.78, 5) is 7.25. The van der Waals surface area contributed by atoms with Gasteiger partial charge in [0.05, 0.1) is 12.7 Å². The first-order valence-corrected chi connectivity index (χ1v) is 9.46. The lowest BCUT2D eigenvalue weighted by atomic mass is 10.1. The molecule has 6 nitrogen and oxygen atoms in total. The number of benzene rings is 1. The Morgan fingerprint density at radius 2 is 1.96 bits per heavy atom. The van der Waals surface area contributed by atoms with Gasteiger partial charge in [0.1, 0.15) is 0 Å². The minimum atomic E-state index is 0.526. The van der Waals surface area contributed by atoms with Crippen LogP contribution in [0.3, 0.4) is 0 Å². The van der Waals surface area contributed by atoms with Crippen LogP contribution in [0.15, 0.2) is 67.4 Å². The van der Waals surface area contributed by atoms with Gasteiger partial charge in [-0.05, 0) is 31.0 Å². The summed E-state index contributed by atoms with van der Waals surface area (Å²) < 4.78 is 3.93. The summed E-state index contributed by atoms with van der Waals surface area (Å²) in [5, 5.41) is 8.89. The predicted octanol–water partition coefficient (Wildman–Crippen LogP) is 3.26. The third-order valence-electron chi connectivity index (χ3n) is 5.34. The minimum Gasteiger partial charge on any atom is -0.294 e. The Labute approximate surface area is 158 Å². The second kappa shape index (κ2) is 6.96. The van der Waals surface area contributed by atoms with E-state index in [9.17, 15) is 0 Å². The van der Waals surface area contributed by atoms with E-state index in [1.165, 1.54) is 18.4 Å². The normalized spacial score (nSPS) is 17.7.